The van der Waals surface area contributed by atoms with Crippen LogP contribution in [-0.4, -0.2) is 42.0 Å². The lowest BCUT2D eigenvalue weighted by atomic mass is 9.90. The Morgan fingerprint density at radius 2 is 1.75 bits per heavy atom. The largest absolute Gasteiger partial charge is 0.417 e. The molecule has 7 heteroatoms. The van der Waals surface area contributed by atoms with Gasteiger partial charge in [-0.15, -0.1) is 0 Å². The van der Waals surface area contributed by atoms with Crippen molar-refractivity contribution in [2.75, 3.05) is 31.1 Å². The van der Waals surface area contributed by atoms with Crippen molar-refractivity contribution in [2.45, 2.75) is 71.9 Å². The lowest BCUT2D eigenvalue weighted by Crippen LogP contribution is -2.40. The Balaban J connectivity index is 0.00000361. The fraction of sp³-hybridized carbons (Fsp3) is 0.586. The minimum Gasteiger partial charge on any atom is -0.372 e. The predicted octanol–water partition coefficient (Wildman–Crippen LogP) is 6.91. The Kier molecular flexibility index (Phi) is 9.80. The first-order valence-corrected chi connectivity index (χ1v) is 12.9. The van der Waals surface area contributed by atoms with E-state index < -0.39 is 11.7 Å². The molecule has 0 aliphatic carbocycles. The fourth-order valence-electron chi connectivity index (χ4n) is 5.48. The second-order valence-corrected chi connectivity index (χ2v) is 10.3. The second-order valence-electron chi connectivity index (χ2n) is 10.3. The number of halogens is 3. The number of rotatable bonds is 7. The van der Waals surface area contributed by atoms with E-state index in [1.807, 2.05) is 4.90 Å². The van der Waals surface area contributed by atoms with Crippen LogP contribution in [0.3, 0.4) is 0 Å². The van der Waals surface area contributed by atoms with Gasteiger partial charge in [0.25, 0.3) is 0 Å². The summed E-state index contributed by atoms with van der Waals surface area (Å²) in [5, 5.41) is 0. The highest BCUT2D eigenvalue weighted by Gasteiger charge is 2.31. The Morgan fingerprint density at radius 1 is 1.03 bits per heavy atom. The van der Waals surface area contributed by atoms with Gasteiger partial charge in [-0.3, -0.25) is 9.78 Å². The normalized spacial score (nSPS) is 19.2. The molecule has 2 aromatic rings. The zero-order valence-electron chi connectivity index (χ0n) is 20.6. The molecule has 2 aliphatic rings. The Morgan fingerprint density at radius 3 is 2.44 bits per heavy atom. The number of hydrogen-bond acceptors (Lipinski definition) is 3. The molecule has 1 atom stereocenters. The number of pyridine rings is 1. The van der Waals surface area contributed by atoms with E-state index in [2.05, 4.69) is 41.1 Å². The third-order valence-corrected chi connectivity index (χ3v) is 7.53. The molecule has 0 unspecified atom stereocenters. The number of hydrogen-bond donors (Lipinski definition) is 0. The fourth-order valence-corrected chi connectivity index (χ4v) is 5.48. The van der Waals surface area contributed by atoms with E-state index in [4.69, 9.17) is 0 Å². The van der Waals surface area contributed by atoms with Crippen molar-refractivity contribution >= 4 is 11.6 Å². The number of alkyl halides is 3. The molecule has 0 N–H and O–H groups in total. The molecule has 0 radical (unpaired) electrons. The zero-order chi connectivity index (χ0) is 24.8. The van der Waals surface area contributed by atoms with Crippen LogP contribution in [0.4, 0.5) is 18.9 Å². The second kappa shape index (κ2) is 12.6. The molecular weight excluding hydrogens is 463 g/mol. The number of carbonyl (C=O) groups is 1. The summed E-state index contributed by atoms with van der Waals surface area (Å²) in [6.45, 7) is 5.63. The summed E-state index contributed by atoms with van der Waals surface area (Å²) in [7, 11) is 0. The Hall–Kier alpha value is -2.57. The molecule has 198 valence electrons. The molecule has 2 aliphatic heterocycles. The van der Waals surface area contributed by atoms with Gasteiger partial charge in [-0.25, -0.2) is 0 Å². The molecule has 0 spiro atoms. The summed E-state index contributed by atoms with van der Waals surface area (Å²) in [6.07, 6.45) is 5.25. The van der Waals surface area contributed by atoms with Gasteiger partial charge >= 0.3 is 6.18 Å². The van der Waals surface area contributed by atoms with Gasteiger partial charge in [-0.05, 0) is 87.5 Å². The summed E-state index contributed by atoms with van der Waals surface area (Å²) in [4.78, 5) is 21.0. The molecule has 36 heavy (non-hydrogen) atoms. The molecule has 3 heterocycles. The first-order chi connectivity index (χ1) is 16.8. The summed E-state index contributed by atoms with van der Waals surface area (Å²) in [5.41, 5.74) is 2.46. The van der Waals surface area contributed by atoms with E-state index >= 15 is 0 Å². The molecule has 1 amide bonds. The maximum atomic E-state index is 13.0. The van der Waals surface area contributed by atoms with Gasteiger partial charge in [0.1, 0.15) is 0 Å². The molecule has 4 nitrogen and oxygen atoms in total. The highest BCUT2D eigenvalue weighted by atomic mass is 19.4. The van der Waals surface area contributed by atoms with Crippen LogP contribution >= 0.6 is 0 Å². The van der Waals surface area contributed by atoms with Gasteiger partial charge in [-0.1, -0.05) is 25.1 Å². The lowest BCUT2D eigenvalue weighted by molar-refractivity contribution is -0.138. The summed E-state index contributed by atoms with van der Waals surface area (Å²) in [6, 6.07) is 9.91. The number of benzene rings is 1. The highest BCUT2D eigenvalue weighted by Crippen LogP contribution is 2.31. The van der Waals surface area contributed by atoms with Crippen molar-refractivity contribution in [3.8, 4) is 0 Å². The topological polar surface area (TPSA) is 36.4 Å². The van der Waals surface area contributed by atoms with Crippen molar-refractivity contribution in [1.82, 2.24) is 9.88 Å². The summed E-state index contributed by atoms with van der Waals surface area (Å²) >= 11 is 0. The molecule has 1 aromatic carbocycles. The number of aromatic nitrogens is 1. The molecule has 4 rings (SSSR count). The number of amides is 1. The first kappa shape index (κ1) is 28.0. The quantitative estimate of drug-likeness (QED) is 0.412. The smallest absolute Gasteiger partial charge is 0.372 e. The van der Waals surface area contributed by atoms with Crippen LogP contribution in [0.1, 0.15) is 69.1 Å². The zero-order valence-corrected chi connectivity index (χ0v) is 20.6. The van der Waals surface area contributed by atoms with Crippen LogP contribution in [-0.2, 0) is 17.4 Å². The third-order valence-electron chi connectivity index (χ3n) is 7.53. The monoisotopic (exact) mass is 503 g/mol. The van der Waals surface area contributed by atoms with E-state index in [9.17, 15) is 18.0 Å². The number of nitrogens with zero attached hydrogens (tertiary/aromatic N) is 3. The van der Waals surface area contributed by atoms with Crippen molar-refractivity contribution in [3.63, 3.8) is 0 Å². The Labute approximate surface area is 213 Å². The van der Waals surface area contributed by atoms with Crippen LogP contribution in [0.5, 0.6) is 0 Å². The third kappa shape index (κ3) is 7.71. The van der Waals surface area contributed by atoms with E-state index in [0.29, 0.717) is 30.9 Å². The lowest BCUT2D eigenvalue weighted by Gasteiger charge is -2.34. The molecule has 2 fully saturated rings. The molecule has 2 saturated heterocycles. The predicted molar refractivity (Wildman–Crippen MR) is 139 cm³/mol. The highest BCUT2D eigenvalue weighted by molar-refractivity contribution is 5.76. The van der Waals surface area contributed by atoms with Gasteiger partial charge in [0.15, 0.2) is 0 Å². The summed E-state index contributed by atoms with van der Waals surface area (Å²) in [5.74, 6) is 1.05. The standard InChI is InChI=1S/C28H36F3N3O.CH4/c1-21-7-9-26(10-8-21)33-14-11-22(12-15-33)4-2-6-27(35)34-13-3-5-23(20-34)16-24-17-25(19-32-18-24)28(29,30)31;/h7-10,17-19,22-23H,2-6,11-16,20H2,1H3;1H4/t23-;/m1./s1. The van der Waals surface area contributed by atoms with Crippen LogP contribution in [0, 0.1) is 18.8 Å². The molecule has 0 saturated carbocycles. The van der Waals surface area contributed by atoms with Crippen molar-refractivity contribution in [3.05, 3.63) is 59.4 Å². The van der Waals surface area contributed by atoms with Gasteiger partial charge < -0.3 is 9.80 Å². The number of carbonyl (C=O) groups excluding carboxylic acids is 1. The Bertz CT molecular complexity index is 968. The molecular formula is C29H40F3N3O. The minimum absolute atomic E-state index is 0. The van der Waals surface area contributed by atoms with E-state index in [1.54, 1.807) is 0 Å². The maximum Gasteiger partial charge on any atom is 0.417 e. The van der Waals surface area contributed by atoms with Crippen LogP contribution in [0.25, 0.3) is 0 Å². The van der Waals surface area contributed by atoms with Gasteiger partial charge in [0.05, 0.1) is 5.56 Å². The SMILES string of the molecule is C.Cc1ccc(N2CCC(CCCC(=O)N3CCC[C@H](Cc4cncc(C(F)(F)F)c4)C3)CC2)cc1. The number of likely N-dealkylation sites (tertiary alicyclic amines) is 1. The number of aryl methyl sites for hydroxylation is 1. The minimum atomic E-state index is -4.38. The van der Waals surface area contributed by atoms with Crippen molar-refractivity contribution < 1.29 is 18.0 Å². The van der Waals surface area contributed by atoms with Crippen molar-refractivity contribution in [1.29, 1.82) is 0 Å². The number of piperidine rings is 2. The van der Waals surface area contributed by atoms with Gasteiger partial charge in [0, 0.05) is 50.7 Å². The first-order valence-electron chi connectivity index (χ1n) is 12.9. The van der Waals surface area contributed by atoms with Crippen LogP contribution < -0.4 is 4.90 Å². The van der Waals surface area contributed by atoms with Gasteiger partial charge in [-0.2, -0.15) is 13.2 Å². The molecule has 0 bridgehead atoms. The maximum absolute atomic E-state index is 13.0. The van der Waals surface area contributed by atoms with Crippen molar-refractivity contribution in [2.24, 2.45) is 11.8 Å². The summed E-state index contributed by atoms with van der Waals surface area (Å²) < 4.78 is 38.9. The molecule has 1 aromatic heterocycles. The van der Waals surface area contributed by atoms with Gasteiger partial charge in [0.2, 0.25) is 5.91 Å². The van der Waals surface area contributed by atoms with Crippen LogP contribution in [0.15, 0.2) is 42.7 Å². The number of anilines is 1. The average molecular weight is 504 g/mol. The van der Waals surface area contributed by atoms with E-state index in [1.165, 1.54) is 36.4 Å². The van der Waals surface area contributed by atoms with Crippen LogP contribution in [0.2, 0.25) is 0 Å². The average Bonchev–Trinajstić information content (AvgIpc) is 2.85. The van der Waals surface area contributed by atoms with E-state index in [-0.39, 0.29) is 19.3 Å². The van der Waals surface area contributed by atoms with E-state index in [0.717, 1.165) is 51.5 Å².